The molecule has 0 amide bonds. The molecule has 1 heterocycles. The minimum atomic E-state index is 0.463. The van der Waals surface area contributed by atoms with Crippen molar-refractivity contribution in [2.24, 2.45) is 0 Å². The summed E-state index contributed by atoms with van der Waals surface area (Å²) in [5.41, 5.74) is 6.92. The number of rotatable bonds is 4. The molecule has 21 heavy (non-hydrogen) atoms. The van der Waals surface area contributed by atoms with Gasteiger partial charge >= 0.3 is 0 Å². The first kappa shape index (κ1) is 14.3. The topological polar surface area (TPSA) is 24.9 Å². The third-order valence-electron chi connectivity index (χ3n) is 4.34. The maximum absolute atomic E-state index is 4.66. The van der Waals surface area contributed by atoms with Crippen LogP contribution in [-0.4, -0.2) is 11.0 Å². The lowest BCUT2D eigenvalue weighted by molar-refractivity contribution is 0.583. The lowest BCUT2D eigenvalue weighted by Gasteiger charge is -2.18. The number of aromatic nitrogens is 1. The summed E-state index contributed by atoms with van der Waals surface area (Å²) in [5.74, 6) is 0.463. The Morgan fingerprint density at radius 1 is 1.29 bits per heavy atom. The lowest BCUT2D eigenvalue weighted by Crippen LogP contribution is -2.23. The summed E-state index contributed by atoms with van der Waals surface area (Å²) < 4.78 is 0. The van der Waals surface area contributed by atoms with Crippen molar-refractivity contribution in [3.63, 3.8) is 0 Å². The molecule has 0 bridgehead atoms. The molecule has 1 N–H and O–H groups in total. The van der Waals surface area contributed by atoms with E-state index < -0.39 is 0 Å². The van der Waals surface area contributed by atoms with Crippen LogP contribution in [0.5, 0.6) is 0 Å². The second-order valence-corrected chi connectivity index (χ2v) is 6.38. The minimum absolute atomic E-state index is 0.463. The van der Waals surface area contributed by atoms with Gasteiger partial charge in [-0.15, -0.1) is 0 Å². The predicted octanol–water partition coefficient (Wildman–Crippen LogP) is 3.97. The summed E-state index contributed by atoms with van der Waals surface area (Å²) in [6.07, 6.45) is 4.27. The zero-order valence-electron chi connectivity index (χ0n) is 13.2. The first-order valence-corrected chi connectivity index (χ1v) is 7.91. The van der Waals surface area contributed by atoms with E-state index in [1.54, 1.807) is 0 Å². The highest BCUT2D eigenvalue weighted by molar-refractivity contribution is 5.43. The van der Waals surface area contributed by atoms with Crippen molar-refractivity contribution >= 4 is 0 Å². The molecular weight excluding hydrogens is 256 g/mol. The average molecular weight is 280 g/mol. The van der Waals surface area contributed by atoms with Crippen LogP contribution in [0, 0.1) is 6.92 Å². The van der Waals surface area contributed by atoms with E-state index in [0.717, 1.165) is 13.0 Å². The summed E-state index contributed by atoms with van der Waals surface area (Å²) in [6.45, 7) is 7.50. The number of fused-ring (bicyclic) bond motifs is 1. The molecule has 1 aliphatic rings. The van der Waals surface area contributed by atoms with Gasteiger partial charge in [0, 0.05) is 24.7 Å². The first-order valence-electron chi connectivity index (χ1n) is 7.91. The molecule has 3 rings (SSSR count). The highest BCUT2D eigenvalue weighted by atomic mass is 14.9. The smallest absolute Gasteiger partial charge is 0.0510 e. The monoisotopic (exact) mass is 280 g/mol. The van der Waals surface area contributed by atoms with Crippen LogP contribution in [0.4, 0.5) is 0 Å². The van der Waals surface area contributed by atoms with Gasteiger partial charge in [-0.3, -0.25) is 4.98 Å². The fourth-order valence-corrected chi connectivity index (χ4v) is 3.23. The van der Waals surface area contributed by atoms with E-state index in [0.29, 0.717) is 12.0 Å². The number of hydrogen-bond donors (Lipinski definition) is 1. The van der Waals surface area contributed by atoms with Crippen molar-refractivity contribution < 1.29 is 0 Å². The molecule has 2 nitrogen and oxygen atoms in total. The maximum Gasteiger partial charge on any atom is 0.0510 e. The predicted molar refractivity (Wildman–Crippen MR) is 87.6 cm³/mol. The van der Waals surface area contributed by atoms with Gasteiger partial charge in [-0.2, -0.15) is 0 Å². The maximum atomic E-state index is 4.66. The van der Waals surface area contributed by atoms with E-state index >= 15 is 0 Å². The molecule has 0 aliphatic heterocycles. The van der Waals surface area contributed by atoms with Gasteiger partial charge in [0.1, 0.15) is 0 Å². The van der Waals surface area contributed by atoms with Crippen molar-refractivity contribution in [1.29, 1.82) is 0 Å². The molecule has 1 unspecified atom stereocenters. The van der Waals surface area contributed by atoms with E-state index in [-0.39, 0.29) is 0 Å². The van der Waals surface area contributed by atoms with Gasteiger partial charge in [0.2, 0.25) is 0 Å². The Bertz CT molecular complexity index is 631. The molecule has 110 valence electrons. The molecule has 1 aromatic carbocycles. The number of hydrogen-bond acceptors (Lipinski definition) is 2. The van der Waals surface area contributed by atoms with Gasteiger partial charge in [-0.25, -0.2) is 0 Å². The Morgan fingerprint density at radius 3 is 2.95 bits per heavy atom. The van der Waals surface area contributed by atoms with Crippen LogP contribution in [0.25, 0.3) is 0 Å². The molecule has 1 atom stereocenters. The summed E-state index contributed by atoms with van der Waals surface area (Å²) in [5, 5.41) is 3.55. The normalized spacial score (nSPS) is 17.2. The van der Waals surface area contributed by atoms with Gasteiger partial charge in [0.05, 0.1) is 5.69 Å². The molecule has 2 heteroatoms. The Labute approximate surface area is 127 Å². The SMILES string of the molecule is Cc1ccc(CNC(C)C)c(C2CCc3cccnc32)c1. The van der Waals surface area contributed by atoms with Gasteiger partial charge < -0.3 is 5.32 Å². The van der Waals surface area contributed by atoms with Crippen molar-refractivity contribution in [2.75, 3.05) is 0 Å². The van der Waals surface area contributed by atoms with Crippen LogP contribution >= 0.6 is 0 Å². The minimum Gasteiger partial charge on any atom is -0.310 e. The average Bonchev–Trinajstić information content (AvgIpc) is 2.89. The largest absolute Gasteiger partial charge is 0.310 e. The third-order valence-corrected chi connectivity index (χ3v) is 4.34. The number of pyridine rings is 1. The fourth-order valence-electron chi connectivity index (χ4n) is 3.23. The Kier molecular flexibility index (Phi) is 4.07. The van der Waals surface area contributed by atoms with Crippen LogP contribution in [0.2, 0.25) is 0 Å². The quantitative estimate of drug-likeness (QED) is 0.916. The lowest BCUT2D eigenvalue weighted by atomic mass is 9.90. The third kappa shape index (κ3) is 3.01. The van der Waals surface area contributed by atoms with E-state index in [9.17, 15) is 0 Å². The van der Waals surface area contributed by atoms with Crippen molar-refractivity contribution in [3.05, 3.63) is 64.5 Å². The Balaban J connectivity index is 1.96. The molecule has 1 aliphatic carbocycles. The fraction of sp³-hybridized carbons (Fsp3) is 0.421. The summed E-state index contributed by atoms with van der Waals surface area (Å²) >= 11 is 0. The van der Waals surface area contributed by atoms with E-state index in [1.807, 2.05) is 6.20 Å². The van der Waals surface area contributed by atoms with Crippen LogP contribution in [-0.2, 0) is 13.0 Å². The Hall–Kier alpha value is -1.67. The molecule has 2 aromatic rings. The van der Waals surface area contributed by atoms with Gasteiger partial charge in [-0.05, 0) is 42.5 Å². The van der Waals surface area contributed by atoms with Gasteiger partial charge in [0.25, 0.3) is 0 Å². The number of nitrogens with one attached hydrogen (secondary N) is 1. The molecule has 0 saturated carbocycles. The zero-order chi connectivity index (χ0) is 14.8. The standard InChI is InChI=1S/C19H24N2/c1-13(2)21-12-16-7-6-14(3)11-18(16)17-9-8-15-5-4-10-20-19(15)17/h4-7,10-11,13,17,21H,8-9,12H2,1-3H3. The molecule has 0 saturated heterocycles. The molecule has 0 fully saturated rings. The summed E-state index contributed by atoms with van der Waals surface area (Å²) in [6, 6.07) is 11.6. The first-order chi connectivity index (χ1) is 10.1. The van der Waals surface area contributed by atoms with Crippen molar-refractivity contribution in [3.8, 4) is 0 Å². The molecule has 0 spiro atoms. The van der Waals surface area contributed by atoms with Crippen LogP contribution < -0.4 is 5.32 Å². The highest BCUT2D eigenvalue weighted by Gasteiger charge is 2.26. The second kappa shape index (κ2) is 5.98. The van der Waals surface area contributed by atoms with Crippen LogP contribution in [0.3, 0.4) is 0 Å². The number of aryl methyl sites for hydroxylation is 2. The van der Waals surface area contributed by atoms with Crippen LogP contribution in [0.1, 0.15) is 54.1 Å². The van der Waals surface area contributed by atoms with Gasteiger partial charge in [0.15, 0.2) is 0 Å². The summed E-state index contributed by atoms with van der Waals surface area (Å²) in [4.78, 5) is 4.66. The highest BCUT2D eigenvalue weighted by Crippen LogP contribution is 2.38. The Morgan fingerprint density at radius 2 is 2.14 bits per heavy atom. The van der Waals surface area contributed by atoms with E-state index in [1.165, 1.54) is 34.4 Å². The van der Waals surface area contributed by atoms with Gasteiger partial charge in [-0.1, -0.05) is 43.7 Å². The molecular formula is C19H24N2. The zero-order valence-corrected chi connectivity index (χ0v) is 13.2. The van der Waals surface area contributed by atoms with Crippen LogP contribution in [0.15, 0.2) is 36.5 Å². The number of benzene rings is 1. The molecule has 0 radical (unpaired) electrons. The van der Waals surface area contributed by atoms with E-state index in [4.69, 9.17) is 0 Å². The molecule has 1 aromatic heterocycles. The van der Waals surface area contributed by atoms with Crippen molar-refractivity contribution in [2.45, 2.75) is 52.1 Å². The number of nitrogens with zero attached hydrogens (tertiary/aromatic N) is 1. The summed E-state index contributed by atoms with van der Waals surface area (Å²) in [7, 11) is 0. The van der Waals surface area contributed by atoms with E-state index in [2.05, 4.69) is 61.4 Å². The second-order valence-electron chi connectivity index (χ2n) is 6.38. The van der Waals surface area contributed by atoms with Crippen molar-refractivity contribution in [1.82, 2.24) is 10.3 Å².